The lowest BCUT2D eigenvalue weighted by atomic mass is 10.2. The first-order valence-electron chi connectivity index (χ1n) is 8.63. The van der Waals surface area contributed by atoms with Crippen LogP contribution in [-0.4, -0.2) is 22.1 Å². The van der Waals surface area contributed by atoms with Gasteiger partial charge in [-0.05, 0) is 38.1 Å². The first kappa shape index (κ1) is 18.2. The maximum absolute atomic E-state index is 12.2. The summed E-state index contributed by atoms with van der Waals surface area (Å²) in [5, 5.41) is 5.77. The summed E-state index contributed by atoms with van der Waals surface area (Å²) in [6.45, 7) is 5.13. The summed E-state index contributed by atoms with van der Waals surface area (Å²) < 4.78 is 7.74. The zero-order valence-corrected chi connectivity index (χ0v) is 16.1. The third kappa shape index (κ3) is 4.14. The summed E-state index contributed by atoms with van der Waals surface area (Å²) in [4.78, 5) is 16.9. The van der Waals surface area contributed by atoms with Crippen LogP contribution in [0.2, 0.25) is 0 Å². The van der Waals surface area contributed by atoms with E-state index in [0.29, 0.717) is 13.2 Å². The van der Waals surface area contributed by atoms with Crippen molar-refractivity contribution in [1.82, 2.24) is 14.9 Å². The largest absolute Gasteiger partial charge is 0.493 e. The zero-order valence-electron chi connectivity index (χ0n) is 15.3. The van der Waals surface area contributed by atoms with E-state index >= 15 is 0 Å². The minimum Gasteiger partial charge on any atom is -0.493 e. The molecule has 0 atom stereocenters. The number of thiazole rings is 1. The van der Waals surface area contributed by atoms with Crippen molar-refractivity contribution in [3.05, 3.63) is 58.9 Å². The minimum absolute atomic E-state index is 0.0289. The molecule has 6 heteroatoms. The molecule has 0 radical (unpaired) electrons. The van der Waals surface area contributed by atoms with Gasteiger partial charge in [-0.25, -0.2) is 4.98 Å². The second-order valence-electron chi connectivity index (χ2n) is 6.05. The van der Waals surface area contributed by atoms with Crippen LogP contribution in [0.25, 0.3) is 10.6 Å². The quantitative estimate of drug-likeness (QED) is 0.691. The molecular formula is C20H23N3O2S. The molecule has 0 unspecified atom stereocenters. The lowest BCUT2D eigenvalue weighted by Crippen LogP contribution is -2.25. The van der Waals surface area contributed by atoms with Crippen molar-refractivity contribution < 1.29 is 9.53 Å². The summed E-state index contributed by atoms with van der Waals surface area (Å²) in [7, 11) is 2.00. The normalized spacial score (nSPS) is 10.7. The Morgan fingerprint density at radius 3 is 2.81 bits per heavy atom. The van der Waals surface area contributed by atoms with Gasteiger partial charge in [-0.15, -0.1) is 11.3 Å². The summed E-state index contributed by atoms with van der Waals surface area (Å²) in [5.74, 6) is 0.790. The topological polar surface area (TPSA) is 56.1 Å². The second-order valence-corrected chi connectivity index (χ2v) is 6.91. The predicted octanol–water partition coefficient (Wildman–Crippen LogP) is 3.71. The summed E-state index contributed by atoms with van der Waals surface area (Å²) in [6.07, 6.45) is 0.275. The van der Waals surface area contributed by atoms with Crippen LogP contribution in [0.15, 0.2) is 41.8 Å². The van der Waals surface area contributed by atoms with Crippen molar-refractivity contribution >= 4 is 17.2 Å². The Kier molecular flexibility index (Phi) is 5.73. The van der Waals surface area contributed by atoms with Gasteiger partial charge in [0.15, 0.2) is 0 Å². The van der Waals surface area contributed by atoms with Crippen LogP contribution in [0.3, 0.4) is 0 Å². The van der Waals surface area contributed by atoms with Crippen molar-refractivity contribution in [2.75, 3.05) is 6.61 Å². The van der Waals surface area contributed by atoms with Gasteiger partial charge in [-0.3, -0.25) is 4.79 Å². The summed E-state index contributed by atoms with van der Waals surface area (Å²) in [5.41, 5.74) is 3.99. The molecule has 0 aliphatic heterocycles. The number of nitrogens with zero attached hydrogens (tertiary/aromatic N) is 2. The molecule has 0 spiro atoms. The number of hydrogen-bond acceptors (Lipinski definition) is 4. The average Bonchev–Trinajstić information content (AvgIpc) is 3.22. The fraction of sp³-hybridized carbons (Fsp3) is 0.300. The summed E-state index contributed by atoms with van der Waals surface area (Å²) in [6, 6.07) is 11.9. The van der Waals surface area contributed by atoms with Crippen LogP contribution in [0.1, 0.15) is 24.0 Å². The highest BCUT2D eigenvalue weighted by Crippen LogP contribution is 2.32. The van der Waals surface area contributed by atoms with Crippen LogP contribution in [0.5, 0.6) is 5.75 Å². The van der Waals surface area contributed by atoms with E-state index in [-0.39, 0.29) is 12.3 Å². The van der Waals surface area contributed by atoms with Crippen LogP contribution in [-0.2, 0) is 24.8 Å². The van der Waals surface area contributed by atoms with Gasteiger partial charge in [-0.1, -0.05) is 12.1 Å². The van der Waals surface area contributed by atoms with E-state index in [2.05, 4.69) is 14.9 Å². The van der Waals surface area contributed by atoms with E-state index < -0.39 is 0 Å². The van der Waals surface area contributed by atoms with Crippen LogP contribution in [0, 0.1) is 6.92 Å². The fourth-order valence-corrected chi connectivity index (χ4v) is 3.55. The lowest BCUT2D eigenvalue weighted by molar-refractivity contribution is -0.120. The predicted molar refractivity (Wildman–Crippen MR) is 104 cm³/mol. The number of hydrogen-bond donors (Lipinski definition) is 1. The van der Waals surface area contributed by atoms with Crippen molar-refractivity contribution in [1.29, 1.82) is 0 Å². The Bertz CT molecular complexity index is 898. The van der Waals surface area contributed by atoms with E-state index in [1.165, 1.54) is 17.0 Å². The van der Waals surface area contributed by atoms with Crippen molar-refractivity contribution in [2.24, 2.45) is 7.05 Å². The molecule has 3 aromatic rings. The third-order valence-electron chi connectivity index (χ3n) is 4.25. The molecule has 1 amide bonds. The maximum Gasteiger partial charge on any atom is 0.226 e. The number of aryl methyl sites for hydroxylation is 1. The van der Waals surface area contributed by atoms with Gasteiger partial charge in [0.25, 0.3) is 0 Å². The third-order valence-corrected chi connectivity index (χ3v) is 5.18. The van der Waals surface area contributed by atoms with Crippen LogP contribution >= 0.6 is 11.3 Å². The molecule has 0 bridgehead atoms. The Balaban J connectivity index is 1.63. The van der Waals surface area contributed by atoms with E-state index in [1.54, 1.807) is 0 Å². The molecule has 2 aromatic heterocycles. The smallest absolute Gasteiger partial charge is 0.226 e. The second kappa shape index (κ2) is 8.19. The Labute approximate surface area is 157 Å². The van der Waals surface area contributed by atoms with E-state index in [9.17, 15) is 4.79 Å². The molecule has 2 heterocycles. The van der Waals surface area contributed by atoms with Crippen molar-refractivity contribution in [3.8, 4) is 16.3 Å². The highest BCUT2D eigenvalue weighted by Gasteiger charge is 2.12. The Morgan fingerprint density at radius 1 is 1.27 bits per heavy atom. The molecule has 0 aliphatic rings. The number of carbonyl (C=O) groups is 1. The first-order chi connectivity index (χ1) is 12.6. The molecular weight excluding hydrogens is 346 g/mol. The molecule has 0 aliphatic carbocycles. The van der Waals surface area contributed by atoms with E-state index in [4.69, 9.17) is 4.74 Å². The summed E-state index contributed by atoms with van der Waals surface area (Å²) >= 11 is 1.53. The van der Waals surface area contributed by atoms with Gasteiger partial charge in [0, 0.05) is 23.8 Å². The number of ether oxygens (including phenoxy) is 1. The fourth-order valence-electron chi connectivity index (χ4n) is 2.70. The molecule has 26 heavy (non-hydrogen) atoms. The molecule has 1 N–H and O–H groups in total. The number of nitrogens with one attached hydrogen (secondary N) is 1. The van der Waals surface area contributed by atoms with Crippen molar-refractivity contribution in [2.45, 2.75) is 26.8 Å². The van der Waals surface area contributed by atoms with Gasteiger partial charge in [0.1, 0.15) is 10.8 Å². The molecule has 136 valence electrons. The number of rotatable bonds is 7. The van der Waals surface area contributed by atoms with E-state index in [0.717, 1.165) is 27.7 Å². The number of amides is 1. The standard InChI is InChI=1S/C20H23N3O2S/c1-4-25-18-8-6-5-7-17(18)20-22-15(13-26-20)11-19(24)21-12-16-10-9-14(2)23(16)3/h5-10,13H,4,11-12H2,1-3H3,(H,21,24). The van der Waals surface area contributed by atoms with Gasteiger partial charge in [0.2, 0.25) is 5.91 Å². The number of para-hydroxylation sites is 1. The zero-order chi connectivity index (χ0) is 18.5. The van der Waals surface area contributed by atoms with Gasteiger partial charge >= 0.3 is 0 Å². The lowest BCUT2D eigenvalue weighted by Gasteiger charge is -2.07. The Morgan fingerprint density at radius 2 is 2.08 bits per heavy atom. The average molecular weight is 369 g/mol. The highest BCUT2D eigenvalue weighted by molar-refractivity contribution is 7.13. The monoisotopic (exact) mass is 369 g/mol. The number of carbonyl (C=O) groups excluding carboxylic acids is 1. The number of aromatic nitrogens is 2. The highest BCUT2D eigenvalue weighted by atomic mass is 32.1. The SMILES string of the molecule is CCOc1ccccc1-c1nc(CC(=O)NCc2ccc(C)n2C)cs1. The van der Waals surface area contributed by atoms with E-state index in [1.807, 2.05) is 62.7 Å². The molecule has 3 rings (SSSR count). The van der Waals surface area contributed by atoms with Gasteiger partial charge in [-0.2, -0.15) is 0 Å². The van der Waals surface area contributed by atoms with Gasteiger partial charge < -0.3 is 14.6 Å². The van der Waals surface area contributed by atoms with Crippen LogP contribution in [0.4, 0.5) is 0 Å². The first-order valence-corrected chi connectivity index (χ1v) is 9.51. The van der Waals surface area contributed by atoms with Gasteiger partial charge in [0.05, 0.1) is 30.8 Å². The minimum atomic E-state index is -0.0289. The maximum atomic E-state index is 12.2. The van der Waals surface area contributed by atoms with Crippen molar-refractivity contribution in [3.63, 3.8) is 0 Å². The molecule has 0 fully saturated rings. The van der Waals surface area contributed by atoms with Crippen LogP contribution < -0.4 is 10.1 Å². The molecule has 1 aromatic carbocycles. The molecule has 5 nitrogen and oxygen atoms in total. The molecule has 0 saturated heterocycles. The molecule has 0 saturated carbocycles. The number of benzene rings is 1. The Hall–Kier alpha value is -2.60.